The summed E-state index contributed by atoms with van der Waals surface area (Å²) in [6.07, 6.45) is 4.65. The van der Waals surface area contributed by atoms with Crippen molar-refractivity contribution in [3.63, 3.8) is 0 Å². The lowest BCUT2D eigenvalue weighted by Crippen LogP contribution is -2.50. The molecule has 0 radical (unpaired) electrons. The SMILES string of the molecule is Cn1ncc2c(=O)n(CC(=O)N3CCN(c4ccnc(-c5ccccc5)n4)CC3)cnc21. The van der Waals surface area contributed by atoms with Crippen molar-refractivity contribution in [1.82, 2.24) is 34.2 Å². The molecule has 10 heteroatoms. The smallest absolute Gasteiger partial charge is 0.264 e. The Morgan fingerprint density at radius 1 is 1.03 bits per heavy atom. The Balaban J connectivity index is 1.25. The van der Waals surface area contributed by atoms with Crippen LogP contribution in [-0.4, -0.2) is 66.3 Å². The lowest BCUT2D eigenvalue weighted by Gasteiger charge is -2.35. The minimum atomic E-state index is -0.260. The number of aryl methyl sites for hydroxylation is 1. The van der Waals surface area contributed by atoms with Gasteiger partial charge in [0.25, 0.3) is 5.56 Å². The van der Waals surface area contributed by atoms with E-state index in [0.29, 0.717) is 43.0 Å². The molecule has 4 heterocycles. The van der Waals surface area contributed by atoms with Crippen molar-refractivity contribution in [3.05, 3.63) is 65.5 Å². The Hall–Kier alpha value is -4.08. The summed E-state index contributed by atoms with van der Waals surface area (Å²) in [5, 5.41) is 4.47. The molecule has 5 rings (SSSR count). The van der Waals surface area contributed by atoms with Gasteiger partial charge in [-0.1, -0.05) is 30.3 Å². The van der Waals surface area contributed by atoms with E-state index in [1.54, 1.807) is 22.8 Å². The van der Waals surface area contributed by atoms with Crippen LogP contribution in [0.1, 0.15) is 0 Å². The molecule has 1 aromatic carbocycles. The van der Waals surface area contributed by atoms with Gasteiger partial charge in [-0.05, 0) is 6.07 Å². The summed E-state index contributed by atoms with van der Waals surface area (Å²) in [5.74, 6) is 1.41. The number of nitrogens with zero attached hydrogens (tertiary/aromatic N) is 8. The molecule has 1 saturated heterocycles. The summed E-state index contributed by atoms with van der Waals surface area (Å²) in [5.41, 5.74) is 1.21. The molecular weight excluding hydrogens is 408 g/mol. The van der Waals surface area contributed by atoms with Gasteiger partial charge in [-0.2, -0.15) is 5.10 Å². The van der Waals surface area contributed by atoms with Crippen LogP contribution in [0.5, 0.6) is 0 Å². The fourth-order valence-electron chi connectivity index (χ4n) is 3.86. The van der Waals surface area contributed by atoms with Gasteiger partial charge in [0.2, 0.25) is 5.91 Å². The molecule has 0 N–H and O–H groups in total. The number of aromatic nitrogens is 6. The topological polar surface area (TPSA) is 102 Å². The number of piperazine rings is 1. The second kappa shape index (κ2) is 8.22. The largest absolute Gasteiger partial charge is 0.353 e. The predicted octanol–water partition coefficient (Wildman–Crippen LogP) is 0.936. The van der Waals surface area contributed by atoms with Crippen molar-refractivity contribution in [2.24, 2.45) is 7.05 Å². The van der Waals surface area contributed by atoms with Gasteiger partial charge in [-0.25, -0.2) is 15.0 Å². The highest BCUT2D eigenvalue weighted by molar-refractivity contribution is 5.77. The van der Waals surface area contributed by atoms with Crippen molar-refractivity contribution in [2.45, 2.75) is 6.54 Å². The van der Waals surface area contributed by atoms with Gasteiger partial charge in [-0.3, -0.25) is 18.8 Å². The highest BCUT2D eigenvalue weighted by atomic mass is 16.2. The highest BCUT2D eigenvalue weighted by Crippen LogP contribution is 2.19. The predicted molar refractivity (Wildman–Crippen MR) is 119 cm³/mol. The van der Waals surface area contributed by atoms with Gasteiger partial charge in [0.1, 0.15) is 24.1 Å². The standard InChI is InChI=1S/C22H22N8O2/c1-27-21-17(13-25-27)22(32)30(15-24-21)14-19(31)29-11-9-28(10-12-29)18-7-8-23-20(26-18)16-5-3-2-4-6-16/h2-8,13,15H,9-12,14H2,1H3. The Labute approximate surface area is 183 Å². The van der Waals surface area contributed by atoms with Crippen LogP contribution in [0, 0.1) is 0 Å². The molecule has 0 spiro atoms. The Morgan fingerprint density at radius 3 is 2.59 bits per heavy atom. The second-order valence-corrected chi connectivity index (χ2v) is 7.66. The summed E-state index contributed by atoms with van der Waals surface area (Å²) in [4.78, 5) is 42.7. The average Bonchev–Trinajstić information content (AvgIpc) is 3.23. The molecule has 1 aliphatic rings. The van der Waals surface area contributed by atoms with Crippen LogP contribution in [0.3, 0.4) is 0 Å². The molecule has 1 aliphatic heterocycles. The minimum Gasteiger partial charge on any atom is -0.353 e. The Morgan fingerprint density at radius 2 is 1.81 bits per heavy atom. The van der Waals surface area contributed by atoms with Gasteiger partial charge in [0, 0.05) is 45.0 Å². The number of fused-ring (bicyclic) bond motifs is 1. The number of carbonyl (C=O) groups excluding carboxylic acids is 1. The van der Waals surface area contributed by atoms with E-state index in [9.17, 15) is 9.59 Å². The van der Waals surface area contributed by atoms with Crippen LogP contribution in [0.25, 0.3) is 22.4 Å². The zero-order valence-electron chi connectivity index (χ0n) is 17.6. The van der Waals surface area contributed by atoms with E-state index in [4.69, 9.17) is 4.98 Å². The molecule has 3 aromatic heterocycles. The van der Waals surface area contributed by atoms with Gasteiger partial charge in [-0.15, -0.1) is 0 Å². The number of anilines is 1. The van der Waals surface area contributed by atoms with Crippen molar-refractivity contribution in [3.8, 4) is 11.4 Å². The maximum atomic E-state index is 12.8. The summed E-state index contributed by atoms with van der Waals surface area (Å²) >= 11 is 0. The first-order valence-electron chi connectivity index (χ1n) is 10.4. The zero-order chi connectivity index (χ0) is 22.1. The molecule has 4 aromatic rings. The molecule has 1 fully saturated rings. The summed E-state index contributed by atoms with van der Waals surface area (Å²) in [7, 11) is 1.73. The summed E-state index contributed by atoms with van der Waals surface area (Å²) < 4.78 is 2.88. The lowest BCUT2D eigenvalue weighted by atomic mass is 10.2. The van der Waals surface area contributed by atoms with Gasteiger partial charge >= 0.3 is 0 Å². The molecule has 0 bridgehead atoms. The first-order valence-corrected chi connectivity index (χ1v) is 10.4. The van der Waals surface area contributed by atoms with E-state index in [2.05, 4.69) is 20.0 Å². The molecule has 10 nitrogen and oxygen atoms in total. The fourth-order valence-corrected chi connectivity index (χ4v) is 3.86. The van der Waals surface area contributed by atoms with Gasteiger partial charge in [0.05, 0.1) is 6.20 Å². The quantitative estimate of drug-likeness (QED) is 0.475. The minimum absolute atomic E-state index is 0.0394. The van der Waals surface area contributed by atoms with E-state index in [1.165, 1.54) is 17.1 Å². The first kappa shape index (κ1) is 19.9. The van der Waals surface area contributed by atoms with E-state index in [-0.39, 0.29) is 18.0 Å². The van der Waals surface area contributed by atoms with Gasteiger partial charge < -0.3 is 9.80 Å². The monoisotopic (exact) mass is 430 g/mol. The molecule has 0 aliphatic carbocycles. The highest BCUT2D eigenvalue weighted by Gasteiger charge is 2.23. The third-order valence-corrected chi connectivity index (χ3v) is 5.65. The molecule has 1 amide bonds. The van der Waals surface area contributed by atoms with Crippen molar-refractivity contribution in [2.75, 3.05) is 31.1 Å². The molecular formula is C22H22N8O2. The normalized spacial score (nSPS) is 14.2. The van der Waals surface area contributed by atoms with Crippen LogP contribution >= 0.6 is 0 Å². The molecule has 0 atom stereocenters. The van der Waals surface area contributed by atoms with Crippen LogP contribution in [-0.2, 0) is 18.4 Å². The third kappa shape index (κ3) is 3.70. The average molecular weight is 430 g/mol. The molecule has 0 saturated carbocycles. The molecule has 32 heavy (non-hydrogen) atoms. The number of hydrogen-bond acceptors (Lipinski definition) is 7. The number of rotatable bonds is 4. The maximum Gasteiger partial charge on any atom is 0.264 e. The Bertz CT molecular complexity index is 1320. The van der Waals surface area contributed by atoms with Crippen molar-refractivity contribution >= 4 is 22.8 Å². The van der Waals surface area contributed by atoms with Crippen LogP contribution in [0.2, 0.25) is 0 Å². The third-order valence-electron chi connectivity index (χ3n) is 5.65. The maximum absolute atomic E-state index is 12.8. The number of amides is 1. The van der Waals surface area contributed by atoms with E-state index < -0.39 is 0 Å². The molecule has 0 unspecified atom stereocenters. The number of hydrogen-bond donors (Lipinski definition) is 0. The zero-order valence-corrected chi connectivity index (χ0v) is 17.6. The summed E-state index contributed by atoms with van der Waals surface area (Å²) in [6, 6.07) is 11.7. The Kier molecular flexibility index (Phi) is 5.10. The number of carbonyl (C=O) groups is 1. The van der Waals surface area contributed by atoms with Crippen molar-refractivity contribution < 1.29 is 4.79 Å². The second-order valence-electron chi connectivity index (χ2n) is 7.66. The van der Waals surface area contributed by atoms with E-state index in [1.807, 2.05) is 36.4 Å². The summed E-state index contributed by atoms with van der Waals surface area (Å²) in [6.45, 7) is 2.39. The fraction of sp³-hybridized carbons (Fsp3) is 0.273. The number of benzene rings is 1. The van der Waals surface area contributed by atoms with E-state index in [0.717, 1.165) is 11.4 Å². The van der Waals surface area contributed by atoms with Crippen molar-refractivity contribution in [1.29, 1.82) is 0 Å². The van der Waals surface area contributed by atoms with E-state index >= 15 is 0 Å². The lowest BCUT2D eigenvalue weighted by molar-refractivity contribution is -0.132. The molecule has 162 valence electrons. The van der Waals surface area contributed by atoms with Crippen LogP contribution in [0.15, 0.2) is 59.9 Å². The van der Waals surface area contributed by atoms with Crippen LogP contribution < -0.4 is 10.5 Å². The van der Waals surface area contributed by atoms with Crippen LogP contribution in [0.4, 0.5) is 5.82 Å². The van der Waals surface area contributed by atoms with Gasteiger partial charge in [0.15, 0.2) is 11.5 Å². The first-order chi connectivity index (χ1) is 15.6.